The molecule has 0 saturated heterocycles. The van der Waals surface area contributed by atoms with E-state index < -0.39 is 0 Å². The molecule has 6 nitrogen and oxygen atoms in total. The largest absolute Gasteiger partial charge is 0.481 e. The van der Waals surface area contributed by atoms with Crippen molar-refractivity contribution < 1.29 is 4.74 Å². The van der Waals surface area contributed by atoms with Crippen LogP contribution in [0.15, 0.2) is 36.4 Å². The molecule has 0 fully saturated rings. The summed E-state index contributed by atoms with van der Waals surface area (Å²) < 4.78 is 7.24. The summed E-state index contributed by atoms with van der Waals surface area (Å²) in [5.74, 6) is 1.78. The van der Waals surface area contributed by atoms with Crippen molar-refractivity contribution in [2.75, 3.05) is 12.8 Å². The van der Waals surface area contributed by atoms with Gasteiger partial charge in [0.1, 0.15) is 16.9 Å². The predicted octanol–water partition coefficient (Wildman–Crippen LogP) is 3.15. The second kappa shape index (κ2) is 5.19. The molecule has 4 rings (SSSR count). The first kappa shape index (κ1) is 14.4. The number of hydrogen-bond acceptors (Lipinski definition) is 5. The molecule has 0 amide bonds. The Kier molecular flexibility index (Phi) is 3.13. The zero-order valence-corrected chi connectivity index (χ0v) is 13.7. The quantitative estimate of drug-likeness (QED) is 0.614. The molecule has 120 valence electrons. The van der Waals surface area contributed by atoms with Crippen LogP contribution in [0, 0.1) is 13.8 Å². The first-order valence-corrected chi connectivity index (χ1v) is 7.65. The molecule has 0 atom stereocenters. The van der Waals surface area contributed by atoms with Gasteiger partial charge in [-0.2, -0.15) is 4.98 Å². The molecule has 6 heteroatoms. The highest BCUT2D eigenvalue weighted by Gasteiger charge is 2.18. The molecule has 3 heterocycles. The van der Waals surface area contributed by atoms with E-state index in [0.717, 1.165) is 28.2 Å². The van der Waals surface area contributed by atoms with Gasteiger partial charge in [-0.05, 0) is 25.5 Å². The average molecular weight is 319 g/mol. The van der Waals surface area contributed by atoms with Gasteiger partial charge in [-0.15, -0.1) is 0 Å². The second-order valence-electron chi connectivity index (χ2n) is 5.71. The number of fused-ring (bicyclic) bond motifs is 3. The van der Waals surface area contributed by atoms with E-state index >= 15 is 0 Å². The minimum absolute atomic E-state index is 0.444. The van der Waals surface area contributed by atoms with Gasteiger partial charge < -0.3 is 10.5 Å². The standard InChI is InChI=1S/C18H17N5O/c1-10-6-4-5-7-12(10)17-20-11(2)15-16(19)21-13-8-9-14(24-3)22-18(13)23(15)17/h4-9H,1-3H3,(H2,19,21). The highest BCUT2D eigenvalue weighted by molar-refractivity contribution is 5.86. The normalized spacial score (nSPS) is 11.3. The van der Waals surface area contributed by atoms with Gasteiger partial charge in [-0.1, -0.05) is 24.3 Å². The fraction of sp³-hybridized carbons (Fsp3) is 0.167. The summed E-state index contributed by atoms with van der Waals surface area (Å²) in [7, 11) is 1.59. The van der Waals surface area contributed by atoms with E-state index in [0.29, 0.717) is 22.9 Å². The Morgan fingerprint density at radius 3 is 2.54 bits per heavy atom. The summed E-state index contributed by atoms with van der Waals surface area (Å²) in [6, 6.07) is 11.8. The third-order valence-corrected chi connectivity index (χ3v) is 4.17. The van der Waals surface area contributed by atoms with Crippen LogP contribution in [0.4, 0.5) is 5.82 Å². The molecule has 3 aromatic heterocycles. The number of nitrogens with two attached hydrogens (primary N) is 1. The molecule has 0 aliphatic carbocycles. The minimum Gasteiger partial charge on any atom is -0.481 e. The van der Waals surface area contributed by atoms with Gasteiger partial charge in [-0.3, -0.25) is 4.40 Å². The Bertz CT molecular complexity index is 1080. The first-order valence-electron chi connectivity index (χ1n) is 7.65. The molecular weight excluding hydrogens is 302 g/mol. The van der Waals surface area contributed by atoms with Crippen molar-refractivity contribution in [2.45, 2.75) is 13.8 Å². The number of benzene rings is 1. The third-order valence-electron chi connectivity index (χ3n) is 4.17. The third kappa shape index (κ3) is 2.00. The van der Waals surface area contributed by atoms with Crippen molar-refractivity contribution in [1.82, 2.24) is 19.4 Å². The molecule has 0 radical (unpaired) electrons. The van der Waals surface area contributed by atoms with Crippen LogP contribution in [0.3, 0.4) is 0 Å². The molecule has 0 saturated carbocycles. The maximum absolute atomic E-state index is 6.19. The lowest BCUT2D eigenvalue weighted by Gasteiger charge is -2.09. The van der Waals surface area contributed by atoms with Gasteiger partial charge in [0.15, 0.2) is 11.5 Å². The van der Waals surface area contributed by atoms with Crippen molar-refractivity contribution in [1.29, 1.82) is 0 Å². The van der Waals surface area contributed by atoms with Crippen LogP contribution >= 0.6 is 0 Å². The number of rotatable bonds is 2. The van der Waals surface area contributed by atoms with Crippen LogP contribution in [-0.2, 0) is 0 Å². The van der Waals surface area contributed by atoms with E-state index in [1.807, 2.05) is 35.6 Å². The summed E-state index contributed by atoms with van der Waals surface area (Å²) in [6.45, 7) is 3.99. The highest BCUT2D eigenvalue weighted by atomic mass is 16.5. The molecule has 2 N–H and O–H groups in total. The molecule has 0 spiro atoms. The van der Waals surface area contributed by atoms with Gasteiger partial charge in [0.2, 0.25) is 5.88 Å². The van der Waals surface area contributed by atoms with E-state index in [9.17, 15) is 0 Å². The number of nitrogens with zero attached hydrogens (tertiary/aromatic N) is 4. The second-order valence-corrected chi connectivity index (χ2v) is 5.71. The molecule has 0 aliphatic heterocycles. The van der Waals surface area contributed by atoms with Crippen LogP contribution in [0.1, 0.15) is 11.3 Å². The van der Waals surface area contributed by atoms with Gasteiger partial charge in [0.25, 0.3) is 0 Å². The lowest BCUT2D eigenvalue weighted by Crippen LogP contribution is -2.03. The molecule has 4 aromatic rings. The molecule has 0 aliphatic rings. The zero-order valence-electron chi connectivity index (χ0n) is 13.7. The van der Waals surface area contributed by atoms with Crippen molar-refractivity contribution in [3.8, 4) is 17.3 Å². The Hall–Kier alpha value is -3.15. The zero-order chi connectivity index (χ0) is 16.8. The van der Waals surface area contributed by atoms with Gasteiger partial charge in [0, 0.05) is 11.6 Å². The van der Waals surface area contributed by atoms with Gasteiger partial charge in [-0.25, -0.2) is 9.97 Å². The van der Waals surface area contributed by atoms with Crippen LogP contribution in [0.5, 0.6) is 5.88 Å². The monoisotopic (exact) mass is 319 g/mol. The topological polar surface area (TPSA) is 78.3 Å². The number of pyridine rings is 1. The number of aromatic nitrogens is 4. The highest BCUT2D eigenvalue weighted by Crippen LogP contribution is 2.30. The fourth-order valence-electron chi connectivity index (χ4n) is 3.01. The number of methoxy groups -OCH3 is 1. The average Bonchev–Trinajstić information content (AvgIpc) is 2.93. The van der Waals surface area contributed by atoms with Crippen molar-refractivity contribution >= 4 is 22.5 Å². The van der Waals surface area contributed by atoms with Crippen molar-refractivity contribution in [3.05, 3.63) is 47.7 Å². The van der Waals surface area contributed by atoms with Crippen LogP contribution in [-0.4, -0.2) is 26.5 Å². The van der Waals surface area contributed by atoms with E-state index in [2.05, 4.69) is 23.0 Å². The van der Waals surface area contributed by atoms with Crippen LogP contribution in [0.2, 0.25) is 0 Å². The summed E-state index contributed by atoms with van der Waals surface area (Å²) in [5.41, 5.74) is 11.3. The predicted molar refractivity (Wildman–Crippen MR) is 94.2 cm³/mol. The maximum atomic E-state index is 6.19. The summed E-state index contributed by atoms with van der Waals surface area (Å²) in [5, 5.41) is 0. The molecule has 0 bridgehead atoms. The van der Waals surface area contributed by atoms with Crippen LogP contribution < -0.4 is 10.5 Å². The van der Waals surface area contributed by atoms with E-state index in [-0.39, 0.29) is 0 Å². The number of anilines is 1. The van der Waals surface area contributed by atoms with E-state index in [1.54, 1.807) is 13.2 Å². The fourth-order valence-corrected chi connectivity index (χ4v) is 3.01. The van der Waals surface area contributed by atoms with E-state index in [4.69, 9.17) is 15.5 Å². The van der Waals surface area contributed by atoms with E-state index in [1.165, 1.54) is 0 Å². The smallest absolute Gasteiger partial charge is 0.215 e. The van der Waals surface area contributed by atoms with Crippen LogP contribution in [0.25, 0.3) is 28.1 Å². The first-order chi connectivity index (χ1) is 11.6. The number of imidazole rings is 1. The SMILES string of the molecule is COc1ccc2nc(N)c3c(C)nc(-c4ccccc4C)n3c2n1. The number of ether oxygens (including phenoxy) is 1. The number of nitrogen functional groups attached to an aromatic ring is 1. The molecule has 0 unspecified atom stereocenters. The Morgan fingerprint density at radius 2 is 1.79 bits per heavy atom. The summed E-state index contributed by atoms with van der Waals surface area (Å²) >= 11 is 0. The lowest BCUT2D eigenvalue weighted by atomic mass is 10.1. The minimum atomic E-state index is 0.444. The van der Waals surface area contributed by atoms with Gasteiger partial charge >= 0.3 is 0 Å². The molecular formula is C18H17N5O. The number of hydrogen-bond donors (Lipinski definition) is 1. The maximum Gasteiger partial charge on any atom is 0.215 e. The summed E-state index contributed by atoms with van der Waals surface area (Å²) in [6.07, 6.45) is 0. The Morgan fingerprint density at radius 1 is 1.00 bits per heavy atom. The van der Waals surface area contributed by atoms with Gasteiger partial charge in [0.05, 0.1) is 12.8 Å². The van der Waals surface area contributed by atoms with Crippen molar-refractivity contribution in [3.63, 3.8) is 0 Å². The lowest BCUT2D eigenvalue weighted by molar-refractivity contribution is 0.399. The molecule has 24 heavy (non-hydrogen) atoms. The Balaban J connectivity index is 2.21. The molecule has 1 aromatic carbocycles. The Labute approximate surface area is 138 Å². The summed E-state index contributed by atoms with van der Waals surface area (Å²) in [4.78, 5) is 13.8. The van der Waals surface area contributed by atoms with Crippen molar-refractivity contribution in [2.24, 2.45) is 0 Å². The number of aryl methyl sites for hydroxylation is 2.